The molecule has 28 heavy (non-hydrogen) atoms. The molecular weight excluding hydrogens is 395 g/mol. The largest absolute Gasteiger partial charge is 0.346 e. The van der Waals surface area contributed by atoms with Gasteiger partial charge in [-0.1, -0.05) is 32.5 Å². The minimum atomic E-state index is -1.69. The number of amides is 2. The zero-order chi connectivity index (χ0) is 21.1. The molecule has 1 aromatic carbocycles. The van der Waals surface area contributed by atoms with E-state index in [1.54, 1.807) is 6.92 Å². The number of aromatic nitrogens is 3. The van der Waals surface area contributed by atoms with Crippen LogP contribution in [-0.2, 0) is 15.0 Å². The fraction of sp³-hybridized carbons (Fsp3) is 0.412. The molecule has 0 spiro atoms. The average molecular weight is 415 g/mol. The molecule has 1 aromatic heterocycles. The number of aromatic amines is 1. The van der Waals surface area contributed by atoms with Crippen LogP contribution < -0.4 is 10.6 Å². The zero-order valence-electron chi connectivity index (χ0n) is 15.7. The number of carbonyl (C=O) groups is 2. The maximum atomic E-state index is 13.5. The molecule has 0 aliphatic heterocycles. The molecule has 2 amide bonds. The first-order valence-corrected chi connectivity index (χ1v) is 9.17. The predicted octanol–water partition coefficient (Wildman–Crippen LogP) is 2.76. The Morgan fingerprint density at radius 2 is 1.89 bits per heavy atom. The van der Waals surface area contributed by atoms with E-state index in [9.17, 15) is 22.8 Å². The molecule has 2 aromatic rings. The lowest BCUT2D eigenvalue weighted by molar-refractivity contribution is -0.123. The summed E-state index contributed by atoms with van der Waals surface area (Å²) in [6.45, 7) is 7.04. The Balaban J connectivity index is 1.86. The highest BCUT2D eigenvalue weighted by atomic mass is 32.2. The summed E-state index contributed by atoms with van der Waals surface area (Å²) in [5.41, 5.74) is -0.735. The second-order valence-electron chi connectivity index (χ2n) is 6.97. The highest BCUT2D eigenvalue weighted by Gasteiger charge is 2.22. The number of carbonyl (C=O) groups excluding carboxylic acids is 2. The van der Waals surface area contributed by atoms with Crippen LogP contribution in [0.4, 0.5) is 18.9 Å². The summed E-state index contributed by atoms with van der Waals surface area (Å²) in [4.78, 5) is 28.2. The third-order valence-corrected chi connectivity index (χ3v) is 4.52. The molecule has 1 heterocycles. The summed E-state index contributed by atoms with van der Waals surface area (Å²) in [5, 5.41) is 11.1. The van der Waals surface area contributed by atoms with Gasteiger partial charge in [0.25, 0.3) is 0 Å². The number of anilines is 1. The number of H-pyrrole nitrogens is 1. The van der Waals surface area contributed by atoms with Gasteiger partial charge < -0.3 is 10.6 Å². The van der Waals surface area contributed by atoms with Crippen LogP contribution in [0.1, 0.15) is 33.5 Å². The second kappa shape index (κ2) is 8.63. The number of thioether (sulfide) groups is 1. The minimum absolute atomic E-state index is 0.218. The Morgan fingerprint density at radius 1 is 1.21 bits per heavy atom. The van der Waals surface area contributed by atoms with Crippen molar-refractivity contribution in [2.24, 2.45) is 0 Å². The van der Waals surface area contributed by atoms with E-state index in [1.165, 1.54) is 0 Å². The monoisotopic (exact) mass is 415 g/mol. The molecule has 0 radical (unpaired) electrons. The van der Waals surface area contributed by atoms with Gasteiger partial charge in [-0.2, -0.15) is 0 Å². The first kappa shape index (κ1) is 21.7. The van der Waals surface area contributed by atoms with Crippen LogP contribution in [0, 0.1) is 17.5 Å². The van der Waals surface area contributed by atoms with E-state index >= 15 is 0 Å². The first-order chi connectivity index (χ1) is 13.0. The van der Waals surface area contributed by atoms with Gasteiger partial charge in [-0.25, -0.2) is 18.2 Å². The van der Waals surface area contributed by atoms with Gasteiger partial charge in [0.2, 0.25) is 17.0 Å². The van der Waals surface area contributed by atoms with E-state index in [4.69, 9.17) is 0 Å². The fourth-order valence-electron chi connectivity index (χ4n) is 1.97. The number of nitrogens with zero attached hydrogens (tertiary/aromatic N) is 2. The molecule has 2 rings (SSSR count). The molecule has 152 valence electrons. The van der Waals surface area contributed by atoms with E-state index in [0.717, 1.165) is 17.8 Å². The van der Waals surface area contributed by atoms with Crippen molar-refractivity contribution in [2.75, 3.05) is 11.9 Å². The number of benzene rings is 1. The molecule has 3 N–H and O–H groups in total. The molecule has 0 saturated heterocycles. The molecule has 1 unspecified atom stereocenters. The van der Waals surface area contributed by atoms with Gasteiger partial charge in [-0.15, -0.1) is 5.10 Å². The van der Waals surface area contributed by atoms with Crippen molar-refractivity contribution in [1.29, 1.82) is 0 Å². The normalized spacial score (nSPS) is 12.5. The number of nitrogens with one attached hydrogen (secondary N) is 3. The smallest absolute Gasteiger partial charge is 0.243 e. The van der Waals surface area contributed by atoms with Crippen LogP contribution in [0.15, 0.2) is 17.3 Å². The summed E-state index contributed by atoms with van der Waals surface area (Å²) in [5.74, 6) is -5.14. The molecule has 0 bridgehead atoms. The van der Waals surface area contributed by atoms with Crippen LogP contribution in [-0.4, -0.2) is 38.8 Å². The molecule has 7 nitrogen and oxygen atoms in total. The fourth-order valence-corrected chi connectivity index (χ4v) is 2.72. The van der Waals surface area contributed by atoms with Crippen molar-refractivity contribution in [2.45, 2.75) is 43.5 Å². The molecule has 0 aliphatic rings. The maximum absolute atomic E-state index is 13.5. The van der Waals surface area contributed by atoms with Crippen molar-refractivity contribution in [3.05, 3.63) is 35.4 Å². The SMILES string of the molecule is CC(Sc1n[nH]c(C(C)(C)C)n1)C(=O)NCC(=O)Nc1ccc(F)c(F)c1F. The van der Waals surface area contributed by atoms with E-state index in [2.05, 4.69) is 25.8 Å². The number of rotatable bonds is 6. The lowest BCUT2D eigenvalue weighted by Crippen LogP contribution is -2.37. The van der Waals surface area contributed by atoms with Crippen molar-refractivity contribution in [3.8, 4) is 0 Å². The lowest BCUT2D eigenvalue weighted by atomic mass is 9.96. The van der Waals surface area contributed by atoms with E-state index in [1.807, 2.05) is 20.8 Å². The Labute approximate surface area is 163 Å². The van der Waals surface area contributed by atoms with Crippen LogP contribution in [0.25, 0.3) is 0 Å². The molecule has 11 heteroatoms. The Kier molecular flexibility index (Phi) is 6.70. The average Bonchev–Trinajstić information content (AvgIpc) is 3.09. The first-order valence-electron chi connectivity index (χ1n) is 8.29. The summed E-state index contributed by atoms with van der Waals surface area (Å²) in [7, 11) is 0. The highest BCUT2D eigenvalue weighted by Crippen LogP contribution is 2.24. The van der Waals surface area contributed by atoms with Gasteiger partial charge in [-0.3, -0.25) is 14.7 Å². The Morgan fingerprint density at radius 3 is 2.50 bits per heavy atom. The lowest BCUT2D eigenvalue weighted by Gasteiger charge is -2.13. The number of hydrogen-bond donors (Lipinski definition) is 3. The van der Waals surface area contributed by atoms with Crippen molar-refractivity contribution < 1.29 is 22.8 Å². The third kappa shape index (κ3) is 5.47. The van der Waals surface area contributed by atoms with Crippen LogP contribution in [0.3, 0.4) is 0 Å². The van der Waals surface area contributed by atoms with E-state index < -0.39 is 46.7 Å². The van der Waals surface area contributed by atoms with E-state index in [-0.39, 0.29) is 5.41 Å². The summed E-state index contributed by atoms with van der Waals surface area (Å²) in [6, 6.07) is 1.58. The van der Waals surface area contributed by atoms with Crippen molar-refractivity contribution in [3.63, 3.8) is 0 Å². The molecule has 0 aliphatic carbocycles. The predicted molar refractivity (Wildman–Crippen MR) is 98.4 cm³/mol. The quantitative estimate of drug-likeness (QED) is 0.498. The zero-order valence-corrected chi connectivity index (χ0v) is 16.5. The van der Waals surface area contributed by atoms with Gasteiger partial charge in [-0.05, 0) is 19.1 Å². The standard InChI is InChI=1S/C17H20F3N5O2S/c1-8(28-16-23-15(24-25-16)17(2,3)4)14(27)21-7-11(26)22-10-6-5-9(18)12(19)13(10)20/h5-6,8H,7H2,1-4H3,(H,21,27)(H,22,26)(H,23,24,25). The maximum Gasteiger partial charge on any atom is 0.243 e. The number of hydrogen-bond acceptors (Lipinski definition) is 5. The van der Waals surface area contributed by atoms with Crippen molar-refractivity contribution >= 4 is 29.3 Å². The van der Waals surface area contributed by atoms with E-state index in [0.29, 0.717) is 17.0 Å². The summed E-state index contributed by atoms with van der Waals surface area (Å²) in [6.07, 6.45) is 0. The minimum Gasteiger partial charge on any atom is -0.346 e. The summed E-state index contributed by atoms with van der Waals surface area (Å²) >= 11 is 1.10. The molecule has 0 fully saturated rings. The van der Waals surface area contributed by atoms with Gasteiger partial charge >= 0.3 is 0 Å². The molecule has 0 saturated carbocycles. The Hall–Kier alpha value is -2.56. The van der Waals surface area contributed by atoms with Crippen LogP contribution >= 0.6 is 11.8 Å². The second-order valence-corrected chi connectivity index (χ2v) is 8.27. The van der Waals surface area contributed by atoms with Gasteiger partial charge in [0.05, 0.1) is 17.5 Å². The molecule has 1 atom stereocenters. The van der Waals surface area contributed by atoms with Gasteiger partial charge in [0.15, 0.2) is 17.5 Å². The Bertz CT molecular complexity index is 882. The van der Waals surface area contributed by atoms with Gasteiger partial charge in [0, 0.05) is 5.41 Å². The third-order valence-electron chi connectivity index (χ3n) is 3.56. The van der Waals surface area contributed by atoms with Crippen LogP contribution in [0.2, 0.25) is 0 Å². The summed E-state index contributed by atoms with van der Waals surface area (Å²) < 4.78 is 39.6. The van der Waals surface area contributed by atoms with Crippen LogP contribution in [0.5, 0.6) is 0 Å². The number of halogens is 3. The molecular formula is C17H20F3N5O2S. The van der Waals surface area contributed by atoms with Crippen molar-refractivity contribution in [1.82, 2.24) is 20.5 Å². The van der Waals surface area contributed by atoms with Gasteiger partial charge in [0.1, 0.15) is 5.82 Å². The highest BCUT2D eigenvalue weighted by molar-refractivity contribution is 8.00. The topological polar surface area (TPSA) is 99.8 Å².